The molecule has 1 unspecified atom stereocenters. The number of benzene rings is 1. The van der Waals surface area contributed by atoms with E-state index in [1.165, 1.54) is 6.07 Å². The summed E-state index contributed by atoms with van der Waals surface area (Å²) in [5.41, 5.74) is -0.307. The van der Waals surface area contributed by atoms with Gasteiger partial charge in [-0.3, -0.25) is 0 Å². The Balaban J connectivity index is 2.31. The number of alkyl halides is 3. The van der Waals surface area contributed by atoms with Crippen LogP contribution in [0.2, 0.25) is 0 Å². The number of halogens is 3. The molecule has 1 heterocycles. The summed E-state index contributed by atoms with van der Waals surface area (Å²) in [6, 6.07) is 4.06. The molecular formula is C11H12F3NO. The average molecular weight is 231 g/mol. The number of fused-ring (bicyclic) bond motifs is 1. The molecule has 0 amide bonds. The largest absolute Gasteiger partial charge is 0.488 e. The molecular weight excluding hydrogens is 219 g/mol. The zero-order chi connectivity index (χ0) is 11.8. The summed E-state index contributed by atoms with van der Waals surface area (Å²) in [4.78, 5) is 0. The summed E-state index contributed by atoms with van der Waals surface area (Å²) in [7, 11) is 1.75. The summed E-state index contributed by atoms with van der Waals surface area (Å²) >= 11 is 0. The molecule has 1 aromatic rings. The highest BCUT2D eigenvalue weighted by atomic mass is 19.4. The lowest BCUT2D eigenvalue weighted by Gasteiger charge is -2.09. The van der Waals surface area contributed by atoms with E-state index in [4.69, 9.17) is 4.74 Å². The topological polar surface area (TPSA) is 21.3 Å². The van der Waals surface area contributed by atoms with Gasteiger partial charge in [0.15, 0.2) is 0 Å². The maximum absolute atomic E-state index is 12.7. The molecule has 16 heavy (non-hydrogen) atoms. The summed E-state index contributed by atoms with van der Waals surface area (Å²) in [6.07, 6.45) is -4.20. The highest BCUT2D eigenvalue weighted by Crippen LogP contribution is 2.39. The SMILES string of the molecule is CNCC1Cc2c(cccc2C(F)(F)F)O1. The molecule has 0 spiro atoms. The lowest BCUT2D eigenvalue weighted by atomic mass is 10.0. The summed E-state index contributed by atoms with van der Waals surface area (Å²) < 4.78 is 43.5. The van der Waals surface area contributed by atoms with Gasteiger partial charge in [0.1, 0.15) is 11.9 Å². The molecule has 0 radical (unpaired) electrons. The van der Waals surface area contributed by atoms with Crippen molar-refractivity contribution < 1.29 is 17.9 Å². The fourth-order valence-electron chi connectivity index (χ4n) is 1.94. The van der Waals surface area contributed by atoms with Gasteiger partial charge in [-0.05, 0) is 19.2 Å². The van der Waals surface area contributed by atoms with Crippen LogP contribution in [-0.2, 0) is 12.6 Å². The molecule has 0 saturated heterocycles. The monoisotopic (exact) mass is 231 g/mol. The third-order valence-electron chi connectivity index (χ3n) is 2.60. The summed E-state index contributed by atoms with van der Waals surface area (Å²) in [5, 5.41) is 2.90. The van der Waals surface area contributed by atoms with Crippen LogP contribution in [-0.4, -0.2) is 19.7 Å². The van der Waals surface area contributed by atoms with E-state index < -0.39 is 11.7 Å². The number of likely N-dealkylation sites (N-methyl/N-ethyl adjacent to an activating group) is 1. The fraction of sp³-hybridized carbons (Fsp3) is 0.455. The van der Waals surface area contributed by atoms with Crippen molar-refractivity contribution in [2.45, 2.75) is 18.7 Å². The standard InChI is InChI=1S/C11H12F3NO/c1-15-6-7-5-8-9(11(12,13)14)3-2-4-10(8)16-7/h2-4,7,15H,5-6H2,1H3. The van der Waals surface area contributed by atoms with E-state index in [1.54, 1.807) is 13.1 Å². The highest BCUT2D eigenvalue weighted by Gasteiger charge is 2.37. The Bertz CT molecular complexity index is 389. The highest BCUT2D eigenvalue weighted by molar-refractivity contribution is 5.45. The van der Waals surface area contributed by atoms with Crippen molar-refractivity contribution in [2.24, 2.45) is 0 Å². The lowest BCUT2D eigenvalue weighted by Crippen LogP contribution is -2.27. The molecule has 0 bridgehead atoms. The molecule has 0 aromatic heterocycles. The molecule has 0 fully saturated rings. The van der Waals surface area contributed by atoms with Gasteiger partial charge in [0.25, 0.3) is 0 Å². The van der Waals surface area contributed by atoms with Crippen LogP contribution in [0.1, 0.15) is 11.1 Å². The quantitative estimate of drug-likeness (QED) is 0.842. The Morgan fingerprint density at radius 3 is 2.81 bits per heavy atom. The van der Waals surface area contributed by atoms with Crippen molar-refractivity contribution in [2.75, 3.05) is 13.6 Å². The van der Waals surface area contributed by atoms with Crippen LogP contribution in [0.15, 0.2) is 18.2 Å². The third-order valence-corrected chi connectivity index (χ3v) is 2.60. The van der Waals surface area contributed by atoms with Crippen molar-refractivity contribution in [3.05, 3.63) is 29.3 Å². The van der Waals surface area contributed by atoms with Crippen molar-refractivity contribution in [1.82, 2.24) is 5.32 Å². The molecule has 1 aliphatic heterocycles. The second kappa shape index (κ2) is 3.97. The van der Waals surface area contributed by atoms with E-state index >= 15 is 0 Å². The maximum Gasteiger partial charge on any atom is 0.416 e. The van der Waals surface area contributed by atoms with Crippen molar-refractivity contribution in [3.63, 3.8) is 0 Å². The molecule has 88 valence electrons. The number of ether oxygens (including phenoxy) is 1. The average Bonchev–Trinajstić information content (AvgIpc) is 2.58. The predicted molar refractivity (Wildman–Crippen MR) is 53.5 cm³/mol. The zero-order valence-electron chi connectivity index (χ0n) is 8.77. The minimum atomic E-state index is -4.30. The smallest absolute Gasteiger partial charge is 0.416 e. The predicted octanol–water partition coefficient (Wildman–Crippen LogP) is 2.23. The molecule has 0 saturated carbocycles. The van der Waals surface area contributed by atoms with Gasteiger partial charge < -0.3 is 10.1 Å². The first kappa shape index (κ1) is 11.3. The molecule has 2 rings (SSSR count). The Morgan fingerprint density at radius 1 is 1.44 bits per heavy atom. The summed E-state index contributed by atoms with van der Waals surface area (Å²) in [5.74, 6) is 0.357. The maximum atomic E-state index is 12.7. The summed E-state index contributed by atoms with van der Waals surface area (Å²) in [6.45, 7) is 0.548. The van der Waals surface area contributed by atoms with Crippen LogP contribution in [0.3, 0.4) is 0 Å². The molecule has 1 atom stereocenters. The van der Waals surface area contributed by atoms with Crippen LogP contribution in [0.25, 0.3) is 0 Å². The van der Waals surface area contributed by atoms with Crippen LogP contribution in [0.5, 0.6) is 5.75 Å². The van der Waals surface area contributed by atoms with E-state index in [0.717, 1.165) is 6.07 Å². The fourth-order valence-corrected chi connectivity index (χ4v) is 1.94. The first-order chi connectivity index (χ1) is 7.52. The van der Waals surface area contributed by atoms with Gasteiger partial charge in [0.2, 0.25) is 0 Å². The second-order valence-electron chi connectivity index (χ2n) is 3.78. The van der Waals surface area contributed by atoms with Gasteiger partial charge in [-0.2, -0.15) is 13.2 Å². The van der Waals surface area contributed by atoms with E-state index in [9.17, 15) is 13.2 Å². The normalized spacial score (nSPS) is 19.4. The molecule has 5 heteroatoms. The zero-order valence-corrected chi connectivity index (χ0v) is 8.77. The van der Waals surface area contributed by atoms with Gasteiger partial charge in [0, 0.05) is 18.5 Å². The van der Waals surface area contributed by atoms with E-state index in [0.29, 0.717) is 18.7 Å². The number of hydrogen-bond acceptors (Lipinski definition) is 2. The van der Waals surface area contributed by atoms with Crippen molar-refractivity contribution in [3.8, 4) is 5.75 Å². The Kier molecular flexibility index (Phi) is 2.80. The number of rotatable bonds is 2. The minimum Gasteiger partial charge on any atom is -0.488 e. The van der Waals surface area contributed by atoms with Gasteiger partial charge in [-0.15, -0.1) is 0 Å². The van der Waals surface area contributed by atoms with Crippen LogP contribution in [0, 0.1) is 0 Å². The van der Waals surface area contributed by atoms with Crippen molar-refractivity contribution in [1.29, 1.82) is 0 Å². The van der Waals surface area contributed by atoms with Crippen LogP contribution in [0.4, 0.5) is 13.2 Å². The Hall–Kier alpha value is -1.23. The number of nitrogens with one attached hydrogen (secondary N) is 1. The van der Waals surface area contributed by atoms with Gasteiger partial charge >= 0.3 is 6.18 Å². The minimum absolute atomic E-state index is 0.205. The number of hydrogen-bond donors (Lipinski definition) is 1. The van der Waals surface area contributed by atoms with Gasteiger partial charge in [-0.1, -0.05) is 6.07 Å². The van der Waals surface area contributed by atoms with E-state index in [1.807, 2.05) is 0 Å². The van der Waals surface area contributed by atoms with Crippen LogP contribution < -0.4 is 10.1 Å². The van der Waals surface area contributed by atoms with Gasteiger partial charge in [-0.25, -0.2) is 0 Å². The first-order valence-electron chi connectivity index (χ1n) is 5.02. The van der Waals surface area contributed by atoms with Gasteiger partial charge in [0.05, 0.1) is 5.56 Å². The lowest BCUT2D eigenvalue weighted by molar-refractivity contribution is -0.138. The molecule has 0 aliphatic carbocycles. The Labute approximate surface area is 91.4 Å². The van der Waals surface area contributed by atoms with E-state index in [-0.39, 0.29) is 11.7 Å². The first-order valence-corrected chi connectivity index (χ1v) is 5.02. The Morgan fingerprint density at radius 2 is 2.19 bits per heavy atom. The van der Waals surface area contributed by atoms with Crippen molar-refractivity contribution >= 4 is 0 Å². The van der Waals surface area contributed by atoms with Crippen LogP contribution >= 0.6 is 0 Å². The molecule has 1 aromatic carbocycles. The van der Waals surface area contributed by atoms with E-state index in [2.05, 4.69) is 5.32 Å². The molecule has 2 nitrogen and oxygen atoms in total. The third kappa shape index (κ3) is 2.00. The second-order valence-corrected chi connectivity index (χ2v) is 3.78. The molecule has 1 N–H and O–H groups in total. The molecule has 1 aliphatic rings.